The van der Waals surface area contributed by atoms with Crippen LogP contribution in [-0.2, 0) is 6.42 Å². The van der Waals surface area contributed by atoms with Crippen LogP contribution >= 0.6 is 11.3 Å². The molecule has 1 amide bonds. The normalized spacial score (nSPS) is 13.6. The van der Waals surface area contributed by atoms with Crippen molar-refractivity contribution in [2.24, 2.45) is 0 Å². The molecule has 1 aliphatic rings. The summed E-state index contributed by atoms with van der Waals surface area (Å²) in [4.78, 5) is 24.4. The van der Waals surface area contributed by atoms with Crippen LogP contribution in [0.25, 0.3) is 10.6 Å². The van der Waals surface area contributed by atoms with Crippen molar-refractivity contribution in [2.75, 3.05) is 11.4 Å². The number of anilines is 1. The van der Waals surface area contributed by atoms with Crippen molar-refractivity contribution in [3.8, 4) is 10.6 Å². The number of hydrogen-bond acceptors (Lipinski definition) is 4. The Hall–Kier alpha value is -2.53. The number of pyridine rings is 1. The fraction of sp³-hybridized carbons (Fsp3) is 0.211. The van der Waals surface area contributed by atoms with Crippen molar-refractivity contribution in [3.05, 3.63) is 64.9 Å². The minimum Gasteiger partial charge on any atom is -0.307 e. The van der Waals surface area contributed by atoms with E-state index in [4.69, 9.17) is 0 Å². The largest absolute Gasteiger partial charge is 0.307 e. The molecule has 0 saturated carbocycles. The molecule has 5 heteroatoms. The number of thiazole rings is 1. The Kier molecular flexibility index (Phi) is 3.86. The molecule has 1 aromatic carbocycles. The van der Waals surface area contributed by atoms with E-state index in [9.17, 15) is 4.79 Å². The van der Waals surface area contributed by atoms with Crippen molar-refractivity contribution in [1.29, 1.82) is 0 Å². The van der Waals surface area contributed by atoms with Gasteiger partial charge in [0, 0.05) is 30.2 Å². The topological polar surface area (TPSA) is 46.1 Å². The molecule has 0 spiro atoms. The highest BCUT2D eigenvalue weighted by atomic mass is 32.1. The molecule has 3 aromatic rings. The summed E-state index contributed by atoms with van der Waals surface area (Å²) in [7, 11) is 0. The number of nitrogens with zero attached hydrogens (tertiary/aromatic N) is 3. The minimum atomic E-state index is 0.0484. The SMILES string of the molecule is Cc1nc(-c2cccnc2)sc1C(=O)N1CCCc2ccccc21. The Morgan fingerprint density at radius 1 is 1.21 bits per heavy atom. The highest BCUT2D eigenvalue weighted by Crippen LogP contribution is 2.32. The van der Waals surface area contributed by atoms with E-state index in [0.717, 1.165) is 41.3 Å². The van der Waals surface area contributed by atoms with Gasteiger partial charge >= 0.3 is 0 Å². The molecule has 120 valence electrons. The average molecular weight is 335 g/mol. The van der Waals surface area contributed by atoms with Crippen molar-refractivity contribution in [3.63, 3.8) is 0 Å². The average Bonchev–Trinajstić information content (AvgIpc) is 3.03. The van der Waals surface area contributed by atoms with E-state index < -0.39 is 0 Å². The van der Waals surface area contributed by atoms with Gasteiger partial charge in [-0.2, -0.15) is 0 Å². The highest BCUT2D eigenvalue weighted by molar-refractivity contribution is 7.17. The molecular formula is C19H17N3OS. The number of carbonyl (C=O) groups excluding carboxylic acids is 1. The van der Waals surface area contributed by atoms with Crippen LogP contribution in [-0.4, -0.2) is 22.4 Å². The number of aryl methyl sites for hydroxylation is 2. The van der Waals surface area contributed by atoms with Crippen LogP contribution in [0.2, 0.25) is 0 Å². The van der Waals surface area contributed by atoms with Gasteiger partial charge in [-0.15, -0.1) is 11.3 Å². The fourth-order valence-corrected chi connectivity index (χ4v) is 4.08. The van der Waals surface area contributed by atoms with E-state index in [-0.39, 0.29) is 5.91 Å². The Bertz CT molecular complexity index is 889. The molecule has 2 aromatic heterocycles. The Morgan fingerprint density at radius 2 is 2.08 bits per heavy atom. The van der Waals surface area contributed by atoms with E-state index >= 15 is 0 Å². The number of carbonyl (C=O) groups is 1. The quantitative estimate of drug-likeness (QED) is 0.708. The molecule has 0 unspecified atom stereocenters. The molecule has 4 rings (SSSR count). The summed E-state index contributed by atoms with van der Waals surface area (Å²) in [6.07, 6.45) is 5.54. The van der Waals surface area contributed by atoms with Gasteiger partial charge in [-0.25, -0.2) is 4.98 Å². The first-order chi connectivity index (χ1) is 11.7. The van der Waals surface area contributed by atoms with Crippen LogP contribution in [0.5, 0.6) is 0 Å². The number of benzene rings is 1. The lowest BCUT2D eigenvalue weighted by Gasteiger charge is -2.29. The number of para-hydroxylation sites is 1. The summed E-state index contributed by atoms with van der Waals surface area (Å²) in [5.74, 6) is 0.0484. The Balaban J connectivity index is 1.70. The van der Waals surface area contributed by atoms with E-state index in [1.165, 1.54) is 16.9 Å². The molecule has 0 bridgehead atoms. The predicted molar refractivity (Wildman–Crippen MR) is 96.5 cm³/mol. The number of amides is 1. The lowest BCUT2D eigenvalue weighted by Crippen LogP contribution is -2.35. The second kappa shape index (κ2) is 6.17. The minimum absolute atomic E-state index is 0.0484. The molecule has 0 atom stereocenters. The van der Waals surface area contributed by atoms with Crippen LogP contribution in [0.4, 0.5) is 5.69 Å². The van der Waals surface area contributed by atoms with Crippen LogP contribution in [0.3, 0.4) is 0 Å². The standard InChI is InChI=1S/C19H17N3OS/c1-13-17(24-18(21-13)15-7-4-10-20-12-15)19(23)22-11-5-8-14-6-2-3-9-16(14)22/h2-4,6-7,9-10,12H,5,8,11H2,1H3. The maximum absolute atomic E-state index is 13.1. The second-order valence-corrected chi connectivity index (χ2v) is 6.86. The number of aromatic nitrogens is 2. The van der Waals surface area contributed by atoms with Crippen LogP contribution in [0, 0.1) is 6.92 Å². The summed E-state index contributed by atoms with van der Waals surface area (Å²) in [5, 5.41) is 0.842. The molecule has 24 heavy (non-hydrogen) atoms. The van der Waals surface area contributed by atoms with Crippen molar-refractivity contribution in [2.45, 2.75) is 19.8 Å². The maximum atomic E-state index is 13.1. The van der Waals surface area contributed by atoms with Crippen molar-refractivity contribution in [1.82, 2.24) is 9.97 Å². The van der Waals surface area contributed by atoms with E-state index in [0.29, 0.717) is 4.88 Å². The molecule has 0 aliphatic carbocycles. The van der Waals surface area contributed by atoms with Gasteiger partial charge in [-0.3, -0.25) is 9.78 Å². The van der Waals surface area contributed by atoms with Crippen molar-refractivity contribution >= 4 is 22.9 Å². The van der Waals surface area contributed by atoms with Gasteiger partial charge in [0.25, 0.3) is 5.91 Å². The van der Waals surface area contributed by atoms with Gasteiger partial charge in [0.15, 0.2) is 0 Å². The third-order valence-electron chi connectivity index (χ3n) is 4.25. The molecule has 1 aliphatic heterocycles. The Morgan fingerprint density at radius 3 is 2.92 bits per heavy atom. The van der Waals surface area contributed by atoms with Crippen molar-refractivity contribution < 1.29 is 4.79 Å². The fourth-order valence-electron chi connectivity index (χ4n) is 3.07. The van der Waals surface area contributed by atoms with Crippen LogP contribution in [0.15, 0.2) is 48.8 Å². The third kappa shape index (κ3) is 2.61. The monoisotopic (exact) mass is 335 g/mol. The second-order valence-electron chi connectivity index (χ2n) is 5.86. The predicted octanol–water partition coefficient (Wildman–Crippen LogP) is 4.11. The lowest BCUT2D eigenvalue weighted by molar-refractivity contribution is 0.0988. The maximum Gasteiger partial charge on any atom is 0.270 e. The number of rotatable bonds is 2. The first-order valence-corrected chi connectivity index (χ1v) is 8.83. The van der Waals surface area contributed by atoms with E-state index in [2.05, 4.69) is 16.0 Å². The highest BCUT2D eigenvalue weighted by Gasteiger charge is 2.26. The van der Waals surface area contributed by atoms with Gasteiger partial charge in [0.1, 0.15) is 9.88 Å². The van der Waals surface area contributed by atoms with E-state index in [1.807, 2.05) is 42.2 Å². The zero-order valence-electron chi connectivity index (χ0n) is 13.4. The summed E-state index contributed by atoms with van der Waals surface area (Å²) in [5.41, 5.74) is 4.01. The first-order valence-electron chi connectivity index (χ1n) is 8.01. The molecule has 0 N–H and O–H groups in total. The van der Waals surface area contributed by atoms with E-state index in [1.54, 1.807) is 12.4 Å². The third-order valence-corrected chi connectivity index (χ3v) is 5.45. The first kappa shape index (κ1) is 15.0. The number of hydrogen-bond donors (Lipinski definition) is 0. The summed E-state index contributed by atoms with van der Waals surface area (Å²) < 4.78 is 0. The molecule has 0 saturated heterocycles. The summed E-state index contributed by atoms with van der Waals surface area (Å²) in [6.45, 7) is 2.66. The summed E-state index contributed by atoms with van der Waals surface area (Å²) in [6, 6.07) is 12.0. The molecular weight excluding hydrogens is 318 g/mol. The zero-order valence-corrected chi connectivity index (χ0v) is 14.2. The summed E-state index contributed by atoms with van der Waals surface area (Å²) >= 11 is 1.45. The molecule has 4 nitrogen and oxygen atoms in total. The smallest absolute Gasteiger partial charge is 0.270 e. The van der Waals surface area contributed by atoms with Gasteiger partial charge in [-0.1, -0.05) is 18.2 Å². The van der Waals surface area contributed by atoms with Gasteiger partial charge in [0.05, 0.1) is 5.69 Å². The Labute approximate surface area is 144 Å². The van der Waals surface area contributed by atoms with Crippen LogP contribution in [0.1, 0.15) is 27.3 Å². The number of fused-ring (bicyclic) bond motifs is 1. The molecule has 0 fully saturated rings. The lowest BCUT2D eigenvalue weighted by atomic mass is 10.0. The van der Waals surface area contributed by atoms with Gasteiger partial charge in [0.2, 0.25) is 0 Å². The van der Waals surface area contributed by atoms with Gasteiger partial charge in [-0.05, 0) is 43.5 Å². The van der Waals surface area contributed by atoms with Gasteiger partial charge < -0.3 is 4.90 Å². The zero-order chi connectivity index (χ0) is 16.5. The molecule has 0 radical (unpaired) electrons. The van der Waals surface area contributed by atoms with Crippen LogP contribution < -0.4 is 4.90 Å². The molecule has 3 heterocycles.